The standard InChI is InChI=1S/C22H34N6O2.HI/c1-5-23-20(24-13-9-15-28-16-10-14-26-28)25-17-19(18-11-7-6-8-12-18)27-21(29)30-22(2,3)4;/h6-8,10-12,14,16,19H,5,9,13,15,17H2,1-4H3,(H,27,29)(H2,23,24,25);1H. The molecule has 1 unspecified atom stereocenters. The molecule has 0 saturated carbocycles. The summed E-state index contributed by atoms with van der Waals surface area (Å²) < 4.78 is 7.33. The number of carbonyl (C=O) groups excluding carboxylic acids is 1. The predicted octanol–water partition coefficient (Wildman–Crippen LogP) is 3.71. The number of amides is 1. The van der Waals surface area contributed by atoms with Crippen molar-refractivity contribution in [1.82, 2.24) is 25.7 Å². The first-order valence-electron chi connectivity index (χ1n) is 10.4. The van der Waals surface area contributed by atoms with Crippen molar-refractivity contribution in [1.29, 1.82) is 0 Å². The van der Waals surface area contributed by atoms with Gasteiger partial charge in [-0.15, -0.1) is 24.0 Å². The highest BCUT2D eigenvalue weighted by atomic mass is 127. The number of aryl methyl sites for hydroxylation is 1. The Morgan fingerprint density at radius 3 is 2.55 bits per heavy atom. The maximum absolute atomic E-state index is 12.3. The normalized spacial score (nSPS) is 12.5. The molecule has 0 aliphatic rings. The third-order valence-corrected chi connectivity index (χ3v) is 4.08. The molecule has 1 aromatic carbocycles. The monoisotopic (exact) mass is 542 g/mol. The summed E-state index contributed by atoms with van der Waals surface area (Å²) in [7, 11) is 0. The van der Waals surface area contributed by atoms with Crippen LogP contribution in [0, 0.1) is 0 Å². The van der Waals surface area contributed by atoms with Crippen molar-refractivity contribution in [2.45, 2.75) is 52.3 Å². The molecule has 0 saturated heterocycles. The van der Waals surface area contributed by atoms with Crippen LogP contribution in [0.4, 0.5) is 4.79 Å². The molecule has 2 aromatic rings. The largest absolute Gasteiger partial charge is 0.444 e. The quantitative estimate of drug-likeness (QED) is 0.195. The molecule has 31 heavy (non-hydrogen) atoms. The molecule has 3 N–H and O–H groups in total. The lowest BCUT2D eigenvalue weighted by Gasteiger charge is -2.23. The van der Waals surface area contributed by atoms with E-state index in [0.29, 0.717) is 12.5 Å². The van der Waals surface area contributed by atoms with E-state index in [1.807, 2.05) is 75.0 Å². The summed E-state index contributed by atoms with van der Waals surface area (Å²) in [5.74, 6) is 0.713. The van der Waals surface area contributed by atoms with E-state index in [1.165, 1.54) is 0 Å². The van der Waals surface area contributed by atoms with Gasteiger partial charge in [-0.1, -0.05) is 30.3 Å². The van der Waals surface area contributed by atoms with E-state index in [0.717, 1.165) is 31.6 Å². The van der Waals surface area contributed by atoms with Crippen LogP contribution in [0.25, 0.3) is 0 Å². The number of nitrogens with zero attached hydrogens (tertiary/aromatic N) is 3. The van der Waals surface area contributed by atoms with Crippen molar-refractivity contribution in [2.24, 2.45) is 4.99 Å². The van der Waals surface area contributed by atoms with Gasteiger partial charge in [0, 0.05) is 32.0 Å². The summed E-state index contributed by atoms with van der Waals surface area (Å²) in [6.07, 6.45) is 4.19. The molecule has 0 radical (unpaired) electrons. The molecule has 9 heteroatoms. The first-order chi connectivity index (χ1) is 14.4. The number of rotatable bonds is 9. The molecule has 1 heterocycles. The van der Waals surface area contributed by atoms with Crippen LogP contribution in [0.1, 0.15) is 45.7 Å². The van der Waals surface area contributed by atoms with Gasteiger partial charge in [-0.2, -0.15) is 5.10 Å². The smallest absolute Gasteiger partial charge is 0.408 e. The fourth-order valence-electron chi connectivity index (χ4n) is 2.77. The second kappa shape index (κ2) is 13.9. The molecule has 0 spiro atoms. The topological polar surface area (TPSA) is 92.6 Å². The minimum atomic E-state index is -0.556. The molecule has 0 aliphatic heterocycles. The van der Waals surface area contributed by atoms with Crippen LogP contribution in [0.15, 0.2) is 53.8 Å². The molecule has 0 bridgehead atoms. The summed E-state index contributed by atoms with van der Waals surface area (Å²) >= 11 is 0. The highest BCUT2D eigenvalue weighted by Gasteiger charge is 2.20. The number of alkyl carbamates (subject to hydrolysis) is 1. The Bertz CT molecular complexity index is 775. The zero-order valence-corrected chi connectivity index (χ0v) is 21.1. The van der Waals surface area contributed by atoms with E-state index in [9.17, 15) is 4.79 Å². The van der Waals surface area contributed by atoms with Gasteiger partial charge < -0.3 is 20.7 Å². The van der Waals surface area contributed by atoms with Gasteiger partial charge in [0.15, 0.2) is 5.96 Å². The zero-order valence-electron chi connectivity index (χ0n) is 18.8. The maximum Gasteiger partial charge on any atom is 0.408 e. The lowest BCUT2D eigenvalue weighted by atomic mass is 10.1. The molecular weight excluding hydrogens is 507 g/mol. The van der Waals surface area contributed by atoms with Crippen LogP contribution in [-0.4, -0.2) is 47.1 Å². The molecule has 0 fully saturated rings. The third-order valence-electron chi connectivity index (χ3n) is 4.08. The molecule has 8 nitrogen and oxygen atoms in total. The van der Waals surface area contributed by atoms with Crippen LogP contribution in [0.3, 0.4) is 0 Å². The average Bonchev–Trinajstić information content (AvgIpc) is 3.21. The predicted molar refractivity (Wildman–Crippen MR) is 135 cm³/mol. The summed E-state index contributed by atoms with van der Waals surface area (Å²) in [5, 5.41) is 13.7. The van der Waals surface area contributed by atoms with E-state index in [4.69, 9.17) is 4.74 Å². The Balaban J connectivity index is 0.00000480. The number of aliphatic imine (C=N–C) groups is 1. The second-order valence-corrected chi connectivity index (χ2v) is 7.88. The van der Waals surface area contributed by atoms with Crippen LogP contribution in [0.2, 0.25) is 0 Å². The van der Waals surface area contributed by atoms with E-state index in [-0.39, 0.29) is 30.0 Å². The van der Waals surface area contributed by atoms with Gasteiger partial charge in [0.2, 0.25) is 0 Å². The number of carbonyl (C=O) groups is 1. The average molecular weight is 542 g/mol. The van der Waals surface area contributed by atoms with Crippen LogP contribution in [-0.2, 0) is 11.3 Å². The summed E-state index contributed by atoms with van der Waals surface area (Å²) in [6.45, 7) is 10.3. The highest BCUT2D eigenvalue weighted by molar-refractivity contribution is 14.0. The lowest BCUT2D eigenvalue weighted by Crippen LogP contribution is -2.40. The number of hydrogen-bond acceptors (Lipinski definition) is 4. The zero-order chi connectivity index (χ0) is 21.8. The minimum absolute atomic E-state index is 0. The number of aromatic nitrogens is 2. The van der Waals surface area contributed by atoms with E-state index in [2.05, 4.69) is 26.0 Å². The summed E-state index contributed by atoms with van der Waals surface area (Å²) in [5.41, 5.74) is 0.418. The van der Waals surface area contributed by atoms with Gasteiger partial charge >= 0.3 is 6.09 Å². The number of halogens is 1. The van der Waals surface area contributed by atoms with Crippen molar-refractivity contribution in [3.05, 3.63) is 54.4 Å². The highest BCUT2D eigenvalue weighted by Crippen LogP contribution is 2.15. The first-order valence-corrected chi connectivity index (χ1v) is 10.4. The maximum atomic E-state index is 12.3. The van der Waals surface area contributed by atoms with E-state index < -0.39 is 11.7 Å². The SMILES string of the molecule is CCNC(=NCC(NC(=O)OC(C)(C)C)c1ccccc1)NCCCn1cccn1.I. The fraction of sp³-hybridized carbons (Fsp3) is 0.500. The Morgan fingerprint density at radius 1 is 1.19 bits per heavy atom. The van der Waals surface area contributed by atoms with Gasteiger partial charge in [-0.3, -0.25) is 9.67 Å². The summed E-state index contributed by atoms with van der Waals surface area (Å²) in [4.78, 5) is 17.0. The van der Waals surface area contributed by atoms with Crippen molar-refractivity contribution >= 4 is 36.0 Å². The van der Waals surface area contributed by atoms with Gasteiger partial charge in [-0.25, -0.2) is 4.79 Å². The summed E-state index contributed by atoms with van der Waals surface area (Å²) in [6, 6.07) is 11.4. The van der Waals surface area contributed by atoms with E-state index >= 15 is 0 Å². The van der Waals surface area contributed by atoms with Crippen molar-refractivity contribution < 1.29 is 9.53 Å². The molecule has 1 amide bonds. The minimum Gasteiger partial charge on any atom is -0.444 e. The molecule has 1 aromatic heterocycles. The number of hydrogen-bond donors (Lipinski definition) is 3. The number of nitrogens with one attached hydrogen (secondary N) is 3. The number of benzene rings is 1. The van der Waals surface area contributed by atoms with E-state index in [1.54, 1.807) is 6.20 Å². The van der Waals surface area contributed by atoms with Gasteiger partial charge in [0.05, 0.1) is 12.6 Å². The van der Waals surface area contributed by atoms with Crippen molar-refractivity contribution in [3.8, 4) is 0 Å². The Kier molecular flexibility index (Phi) is 12.0. The second-order valence-electron chi connectivity index (χ2n) is 7.88. The molecule has 0 aliphatic carbocycles. The van der Waals surface area contributed by atoms with Crippen molar-refractivity contribution in [2.75, 3.05) is 19.6 Å². The number of ether oxygens (including phenoxy) is 1. The molecule has 2 rings (SSSR count). The Morgan fingerprint density at radius 2 is 1.94 bits per heavy atom. The third kappa shape index (κ3) is 11.0. The van der Waals surface area contributed by atoms with Crippen LogP contribution >= 0.6 is 24.0 Å². The number of guanidine groups is 1. The molecule has 1 atom stereocenters. The Labute approximate surface area is 202 Å². The van der Waals surface area contributed by atoms with Crippen molar-refractivity contribution in [3.63, 3.8) is 0 Å². The fourth-order valence-corrected chi connectivity index (χ4v) is 2.77. The van der Waals surface area contributed by atoms with Gasteiger partial charge in [0.25, 0.3) is 0 Å². The van der Waals surface area contributed by atoms with Gasteiger partial charge in [0.1, 0.15) is 5.60 Å². The van der Waals surface area contributed by atoms with Crippen LogP contribution in [0.5, 0.6) is 0 Å². The van der Waals surface area contributed by atoms with Gasteiger partial charge in [-0.05, 0) is 45.7 Å². The Hall–Kier alpha value is -2.30. The lowest BCUT2D eigenvalue weighted by molar-refractivity contribution is 0.0505. The van der Waals surface area contributed by atoms with Crippen LogP contribution < -0.4 is 16.0 Å². The molecular formula is C22H35IN6O2. The molecule has 172 valence electrons. The first kappa shape index (κ1) is 26.7.